The molecule has 25 heavy (non-hydrogen) atoms. The Morgan fingerprint density at radius 1 is 1.12 bits per heavy atom. The summed E-state index contributed by atoms with van der Waals surface area (Å²) in [6, 6.07) is 8.14. The molecule has 0 aliphatic rings. The Kier molecular flexibility index (Phi) is 6.22. The Bertz CT molecular complexity index is 813. The lowest BCUT2D eigenvalue weighted by Crippen LogP contribution is -2.30. The molecule has 8 heteroatoms. The molecule has 0 aromatic heterocycles. The molecule has 132 valence electrons. The number of hydrogen-bond acceptors (Lipinski definition) is 4. The largest absolute Gasteiger partial charge is 0.495 e. The van der Waals surface area contributed by atoms with Crippen molar-refractivity contribution in [1.82, 2.24) is 0 Å². The summed E-state index contributed by atoms with van der Waals surface area (Å²) < 4.78 is 23.8. The van der Waals surface area contributed by atoms with Gasteiger partial charge >= 0.3 is 5.97 Å². The van der Waals surface area contributed by atoms with Crippen LogP contribution in [0.2, 0.25) is 10.0 Å². The molecule has 5 nitrogen and oxygen atoms in total. The molecule has 1 unspecified atom stereocenters. The number of amides is 1. The molecule has 2 aromatic rings. The molecule has 1 amide bonds. The predicted octanol–water partition coefficient (Wildman–Crippen LogP) is 4.33. The first kappa shape index (κ1) is 19.0. The maximum Gasteiger partial charge on any atom is 0.341 e. The zero-order chi connectivity index (χ0) is 18.6. The molecule has 0 spiro atoms. The van der Waals surface area contributed by atoms with Crippen molar-refractivity contribution in [3.8, 4) is 5.75 Å². The zero-order valence-electron chi connectivity index (χ0n) is 13.3. The van der Waals surface area contributed by atoms with Gasteiger partial charge in [0.1, 0.15) is 11.6 Å². The Morgan fingerprint density at radius 3 is 2.44 bits per heavy atom. The van der Waals surface area contributed by atoms with Crippen LogP contribution >= 0.6 is 23.2 Å². The Hall–Kier alpha value is -2.31. The summed E-state index contributed by atoms with van der Waals surface area (Å²) in [5.74, 6) is -2.03. The fraction of sp³-hybridized carbons (Fsp3) is 0.176. The summed E-state index contributed by atoms with van der Waals surface area (Å²) in [7, 11) is 1.43. The minimum absolute atomic E-state index is 0.175. The summed E-state index contributed by atoms with van der Waals surface area (Å²) in [5, 5.41) is 3.11. The number of halogens is 3. The quantitative estimate of drug-likeness (QED) is 0.778. The van der Waals surface area contributed by atoms with Crippen LogP contribution in [0.15, 0.2) is 36.4 Å². The van der Waals surface area contributed by atoms with Gasteiger partial charge in [-0.05, 0) is 43.3 Å². The molecule has 0 bridgehead atoms. The minimum Gasteiger partial charge on any atom is -0.495 e. The van der Waals surface area contributed by atoms with Gasteiger partial charge in [0.25, 0.3) is 5.91 Å². The first-order chi connectivity index (χ1) is 11.8. The molecule has 0 saturated carbocycles. The predicted molar refractivity (Wildman–Crippen MR) is 92.9 cm³/mol. The second kappa shape index (κ2) is 8.18. The normalized spacial score (nSPS) is 11.6. The van der Waals surface area contributed by atoms with E-state index in [0.29, 0.717) is 16.5 Å². The van der Waals surface area contributed by atoms with Crippen LogP contribution in [-0.2, 0) is 9.53 Å². The van der Waals surface area contributed by atoms with Crippen molar-refractivity contribution in [2.45, 2.75) is 13.0 Å². The summed E-state index contributed by atoms with van der Waals surface area (Å²) in [6.07, 6.45) is -1.19. The topological polar surface area (TPSA) is 64.6 Å². The van der Waals surface area contributed by atoms with E-state index in [1.54, 1.807) is 12.1 Å². The second-order valence-corrected chi connectivity index (χ2v) is 5.88. The van der Waals surface area contributed by atoms with E-state index in [2.05, 4.69) is 5.32 Å². The number of benzene rings is 2. The lowest BCUT2D eigenvalue weighted by atomic mass is 10.2. The maximum atomic E-state index is 13.7. The van der Waals surface area contributed by atoms with E-state index in [9.17, 15) is 14.0 Å². The van der Waals surface area contributed by atoms with Gasteiger partial charge in [-0.25, -0.2) is 9.18 Å². The van der Waals surface area contributed by atoms with Gasteiger partial charge in [0, 0.05) is 10.0 Å². The maximum absolute atomic E-state index is 13.7. The van der Waals surface area contributed by atoms with E-state index in [4.69, 9.17) is 32.7 Å². The van der Waals surface area contributed by atoms with Gasteiger partial charge in [-0.3, -0.25) is 4.79 Å². The SMILES string of the molecule is COc1ccc(Cl)cc1NC(=O)C(C)OC(=O)c1cc(Cl)ccc1F. The van der Waals surface area contributed by atoms with Crippen LogP contribution in [0.4, 0.5) is 10.1 Å². The lowest BCUT2D eigenvalue weighted by Gasteiger charge is -2.15. The Balaban J connectivity index is 2.09. The standard InChI is InChI=1S/C17H14Cl2FNO4/c1-9(25-17(23)12-7-10(18)3-5-13(12)20)16(22)21-14-8-11(19)4-6-15(14)24-2/h3-9H,1-2H3,(H,21,22). The number of esters is 1. The van der Waals surface area contributed by atoms with Crippen molar-refractivity contribution in [1.29, 1.82) is 0 Å². The van der Waals surface area contributed by atoms with Gasteiger partial charge in [0.15, 0.2) is 6.10 Å². The van der Waals surface area contributed by atoms with Crippen LogP contribution in [-0.4, -0.2) is 25.1 Å². The van der Waals surface area contributed by atoms with Crippen molar-refractivity contribution in [2.24, 2.45) is 0 Å². The van der Waals surface area contributed by atoms with Crippen LogP contribution in [0.5, 0.6) is 5.75 Å². The first-order valence-electron chi connectivity index (χ1n) is 7.12. The van der Waals surface area contributed by atoms with Gasteiger partial charge in [-0.2, -0.15) is 0 Å². The van der Waals surface area contributed by atoms with Gasteiger partial charge < -0.3 is 14.8 Å². The second-order valence-electron chi connectivity index (χ2n) is 5.01. The van der Waals surface area contributed by atoms with E-state index >= 15 is 0 Å². The van der Waals surface area contributed by atoms with Gasteiger partial charge in [0.2, 0.25) is 0 Å². The minimum atomic E-state index is -1.19. The van der Waals surface area contributed by atoms with Crippen LogP contribution in [0.3, 0.4) is 0 Å². The molecule has 0 radical (unpaired) electrons. The van der Waals surface area contributed by atoms with E-state index < -0.39 is 23.8 Å². The number of nitrogens with one attached hydrogen (secondary N) is 1. The first-order valence-corrected chi connectivity index (χ1v) is 7.88. The molecule has 0 heterocycles. The average molecular weight is 386 g/mol. The fourth-order valence-corrected chi connectivity index (χ4v) is 2.29. The summed E-state index contributed by atoms with van der Waals surface area (Å²) in [5.41, 5.74) is -0.0377. The van der Waals surface area contributed by atoms with E-state index in [1.165, 1.54) is 26.2 Å². The average Bonchev–Trinajstić information content (AvgIpc) is 2.57. The van der Waals surface area contributed by atoms with Crippen LogP contribution in [0.25, 0.3) is 0 Å². The monoisotopic (exact) mass is 385 g/mol. The summed E-state index contributed by atoms with van der Waals surface area (Å²) in [6.45, 7) is 1.35. The van der Waals surface area contributed by atoms with Crippen molar-refractivity contribution in [2.75, 3.05) is 12.4 Å². The Morgan fingerprint density at radius 2 is 1.76 bits per heavy atom. The number of rotatable bonds is 5. The van der Waals surface area contributed by atoms with Gasteiger partial charge in [-0.15, -0.1) is 0 Å². The van der Waals surface area contributed by atoms with E-state index in [0.717, 1.165) is 12.1 Å². The molecular weight excluding hydrogens is 372 g/mol. The molecule has 0 fully saturated rings. The number of carbonyl (C=O) groups excluding carboxylic acids is 2. The highest BCUT2D eigenvalue weighted by atomic mass is 35.5. The fourth-order valence-electron chi connectivity index (χ4n) is 1.94. The van der Waals surface area contributed by atoms with Crippen LogP contribution < -0.4 is 10.1 Å². The molecule has 2 rings (SSSR count). The van der Waals surface area contributed by atoms with Crippen LogP contribution in [0.1, 0.15) is 17.3 Å². The highest BCUT2D eigenvalue weighted by Crippen LogP contribution is 2.28. The van der Waals surface area contributed by atoms with Crippen LogP contribution in [0, 0.1) is 5.82 Å². The molecule has 1 N–H and O–H groups in total. The highest BCUT2D eigenvalue weighted by Gasteiger charge is 2.22. The number of methoxy groups -OCH3 is 1. The highest BCUT2D eigenvalue weighted by molar-refractivity contribution is 6.31. The third-order valence-corrected chi connectivity index (χ3v) is 3.69. The zero-order valence-corrected chi connectivity index (χ0v) is 14.8. The molecule has 2 aromatic carbocycles. The number of carbonyl (C=O) groups is 2. The summed E-state index contributed by atoms with van der Waals surface area (Å²) in [4.78, 5) is 24.2. The van der Waals surface area contributed by atoms with Gasteiger partial charge in [-0.1, -0.05) is 23.2 Å². The van der Waals surface area contributed by atoms with Gasteiger partial charge in [0.05, 0.1) is 18.4 Å². The van der Waals surface area contributed by atoms with E-state index in [1.807, 2.05) is 0 Å². The van der Waals surface area contributed by atoms with E-state index in [-0.39, 0.29) is 10.6 Å². The third kappa shape index (κ3) is 4.84. The number of anilines is 1. The molecule has 0 aliphatic carbocycles. The third-order valence-electron chi connectivity index (χ3n) is 3.22. The molecule has 0 saturated heterocycles. The molecule has 1 atom stereocenters. The molecular formula is C17H14Cl2FNO4. The summed E-state index contributed by atoms with van der Waals surface area (Å²) >= 11 is 11.6. The molecule has 0 aliphatic heterocycles. The van der Waals surface area contributed by atoms with Crippen molar-refractivity contribution in [3.05, 3.63) is 57.8 Å². The van der Waals surface area contributed by atoms with Crippen molar-refractivity contribution < 1.29 is 23.5 Å². The van der Waals surface area contributed by atoms with Crippen molar-refractivity contribution in [3.63, 3.8) is 0 Å². The van der Waals surface area contributed by atoms with Crippen molar-refractivity contribution >= 4 is 40.8 Å². The number of ether oxygens (including phenoxy) is 2. The Labute approximate surface area is 153 Å². The lowest BCUT2D eigenvalue weighted by molar-refractivity contribution is -0.123. The smallest absolute Gasteiger partial charge is 0.341 e. The number of hydrogen-bond donors (Lipinski definition) is 1.